The third kappa shape index (κ3) is 67.4. The van der Waals surface area contributed by atoms with Crippen LogP contribution in [0.5, 0.6) is 0 Å². The second-order valence-corrected chi connectivity index (χ2v) is 23.8. The van der Waals surface area contributed by atoms with E-state index in [1.54, 1.807) is 0 Å². The van der Waals surface area contributed by atoms with Crippen LogP contribution in [0, 0.1) is 0 Å². The molecule has 474 valence electrons. The first-order valence-electron chi connectivity index (χ1n) is 35.6. The van der Waals surface area contributed by atoms with Gasteiger partial charge in [-0.2, -0.15) is 0 Å². The molecule has 0 radical (unpaired) electrons. The van der Waals surface area contributed by atoms with E-state index in [2.05, 4.69) is 106 Å². The smallest absolute Gasteiger partial charge is 0.306 e. The Kier molecular flexibility index (Phi) is 67.2. The van der Waals surface area contributed by atoms with Crippen molar-refractivity contribution >= 4 is 17.9 Å². The number of rotatable bonds is 65. The lowest BCUT2D eigenvalue weighted by Gasteiger charge is -2.18. The molecular weight excluding hydrogens is 1010 g/mol. The van der Waals surface area contributed by atoms with E-state index in [0.29, 0.717) is 19.3 Å². The average molecular weight is 1140 g/mol. The molecule has 0 aromatic carbocycles. The molecule has 82 heavy (non-hydrogen) atoms. The Morgan fingerprint density at radius 3 is 0.805 bits per heavy atom. The van der Waals surface area contributed by atoms with Gasteiger partial charge in [-0.3, -0.25) is 14.4 Å². The second kappa shape index (κ2) is 70.1. The number of hydrogen-bond acceptors (Lipinski definition) is 6. The van der Waals surface area contributed by atoms with Crippen molar-refractivity contribution in [2.75, 3.05) is 13.2 Å². The summed E-state index contributed by atoms with van der Waals surface area (Å²) in [6, 6.07) is 0. The fourth-order valence-electron chi connectivity index (χ4n) is 10.3. The summed E-state index contributed by atoms with van der Waals surface area (Å²) in [4.78, 5) is 38.3. The highest BCUT2D eigenvalue weighted by Gasteiger charge is 2.19. The van der Waals surface area contributed by atoms with Gasteiger partial charge >= 0.3 is 17.9 Å². The predicted octanol–water partition coefficient (Wildman–Crippen LogP) is 24.6. The van der Waals surface area contributed by atoms with E-state index >= 15 is 0 Å². The van der Waals surface area contributed by atoms with E-state index in [4.69, 9.17) is 14.2 Å². The van der Waals surface area contributed by atoms with Crippen LogP contribution < -0.4 is 0 Å². The van der Waals surface area contributed by atoms with Crippen molar-refractivity contribution in [2.24, 2.45) is 0 Å². The molecule has 6 nitrogen and oxygen atoms in total. The maximum atomic E-state index is 12.9. The first kappa shape index (κ1) is 78.6. The van der Waals surface area contributed by atoms with Gasteiger partial charge in [-0.15, -0.1) is 0 Å². The number of carbonyl (C=O) groups is 3. The molecule has 0 aliphatic heterocycles. The molecule has 0 fully saturated rings. The zero-order valence-corrected chi connectivity index (χ0v) is 54.5. The molecule has 0 aromatic rings. The van der Waals surface area contributed by atoms with E-state index in [1.807, 2.05) is 0 Å². The minimum atomic E-state index is -0.781. The molecule has 1 unspecified atom stereocenters. The molecule has 0 aromatic heterocycles. The molecule has 0 amide bonds. The summed E-state index contributed by atoms with van der Waals surface area (Å²) in [5.74, 6) is -0.873. The molecule has 0 spiro atoms. The molecule has 0 saturated carbocycles. The standard InChI is InChI=1S/C76H134O6/c1-4-7-10-13-16-19-22-24-26-28-30-32-34-36-37-38-39-41-42-44-46-48-50-52-54-57-60-63-66-69-75(78)81-72-73(71-80-74(77)68-65-62-59-56-21-18-15-12-9-6-3)82-76(79)70-67-64-61-58-55-53-51-49-47-45-43-40-35-33-31-29-27-25-23-20-17-14-11-8-5-2/h8,11-12,15,17,20,22,24-25,27-28,30-31,33,73H,4-7,9-10,13-14,16,18-19,21,23,26,29,32,34-72H2,1-3H3/b11-8-,15-12-,20-17-,24-22-,27-25-,30-28-,33-31-. The third-order valence-electron chi connectivity index (χ3n) is 15.6. The number of unbranched alkanes of at least 4 members (excludes halogenated alkanes) is 40. The minimum absolute atomic E-state index is 0.0765. The first-order chi connectivity index (χ1) is 40.5. The second-order valence-electron chi connectivity index (χ2n) is 23.8. The Hall–Kier alpha value is -3.41. The largest absolute Gasteiger partial charge is 0.462 e. The highest BCUT2D eigenvalue weighted by molar-refractivity contribution is 5.71. The van der Waals surface area contributed by atoms with Gasteiger partial charge in [-0.05, 0) is 109 Å². The summed E-state index contributed by atoms with van der Waals surface area (Å²) < 4.78 is 16.9. The number of allylic oxidation sites excluding steroid dienone is 14. The highest BCUT2D eigenvalue weighted by Crippen LogP contribution is 2.18. The fraction of sp³-hybridized carbons (Fsp3) is 0.776. The zero-order valence-electron chi connectivity index (χ0n) is 54.5. The Morgan fingerprint density at radius 1 is 0.256 bits per heavy atom. The number of ether oxygens (including phenoxy) is 3. The molecule has 0 heterocycles. The maximum absolute atomic E-state index is 12.9. The summed E-state index contributed by atoms with van der Waals surface area (Å²) in [7, 11) is 0. The van der Waals surface area contributed by atoms with Crippen molar-refractivity contribution in [3.63, 3.8) is 0 Å². The number of esters is 3. The van der Waals surface area contributed by atoms with Crippen LogP contribution in [0.1, 0.15) is 361 Å². The predicted molar refractivity (Wildman–Crippen MR) is 358 cm³/mol. The Bertz CT molecular complexity index is 1550. The maximum Gasteiger partial charge on any atom is 0.306 e. The van der Waals surface area contributed by atoms with Gasteiger partial charge in [0, 0.05) is 19.3 Å². The van der Waals surface area contributed by atoms with Crippen LogP contribution in [0.2, 0.25) is 0 Å². The lowest BCUT2D eigenvalue weighted by Crippen LogP contribution is -2.30. The van der Waals surface area contributed by atoms with Crippen LogP contribution in [0.3, 0.4) is 0 Å². The van der Waals surface area contributed by atoms with Gasteiger partial charge < -0.3 is 14.2 Å². The molecular formula is C76H134O6. The quantitative estimate of drug-likeness (QED) is 0.0261. The Labute approximate surface area is 509 Å². The number of hydrogen-bond donors (Lipinski definition) is 0. The van der Waals surface area contributed by atoms with Crippen LogP contribution in [0.4, 0.5) is 0 Å². The minimum Gasteiger partial charge on any atom is -0.462 e. The monoisotopic (exact) mass is 1140 g/mol. The van der Waals surface area contributed by atoms with E-state index in [0.717, 1.165) is 103 Å². The molecule has 0 saturated heterocycles. The van der Waals surface area contributed by atoms with Gasteiger partial charge in [0.25, 0.3) is 0 Å². The third-order valence-corrected chi connectivity index (χ3v) is 15.6. The Balaban J connectivity index is 4.15. The van der Waals surface area contributed by atoms with Gasteiger partial charge in [0.2, 0.25) is 0 Å². The summed E-state index contributed by atoms with van der Waals surface area (Å²) in [5.41, 5.74) is 0. The summed E-state index contributed by atoms with van der Waals surface area (Å²) >= 11 is 0. The molecule has 0 bridgehead atoms. The van der Waals surface area contributed by atoms with E-state index in [9.17, 15) is 14.4 Å². The van der Waals surface area contributed by atoms with Crippen molar-refractivity contribution < 1.29 is 28.6 Å². The van der Waals surface area contributed by atoms with Crippen molar-refractivity contribution in [1.29, 1.82) is 0 Å². The topological polar surface area (TPSA) is 78.9 Å². The van der Waals surface area contributed by atoms with Crippen molar-refractivity contribution in [1.82, 2.24) is 0 Å². The van der Waals surface area contributed by atoms with Gasteiger partial charge in [-0.1, -0.05) is 318 Å². The van der Waals surface area contributed by atoms with Crippen molar-refractivity contribution in [3.8, 4) is 0 Å². The molecule has 6 heteroatoms. The molecule has 0 aliphatic rings. The lowest BCUT2D eigenvalue weighted by atomic mass is 10.0. The number of carbonyl (C=O) groups excluding carboxylic acids is 3. The van der Waals surface area contributed by atoms with E-state index in [1.165, 1.54) is 218 Å². The van der Waals surface area contributed by atoms with E-state index < -0.39 is 6.10 Å². The summed E-state index contributed by atoms with van der Waals surface area (Å²) in [6.07, 6.45) is 93.4. The average Bonchev–Trinajstić information content (AvgIpc) is 3.47. The molecule has 1 atom stereocenters. The summed E-state index contributed by atoms with van der Waals surface area (Å²) in [5, 5.41) is 0. The van der Waals surface area contributed by atoms with Crippen LogP contribution in [-0.2, 0) is 28.6 Å². The lowest BCUT2D eigenvalue weighted by molar-refractivity contribution is -0.167. The van der Waals surface area contributed by atoms with Crippen LogP contribution in [-0.4, -0.2) is 37.2 Å². The summed E-state index contributed by atoms with van der Waals surface area (Å²) in [6.45, 7) is 6.49. The fourth-order valence-corrected chi connectivity index (χ4v) is 10.3. The van der Waals surface area contributed by atoms with Gasteiger partial charge in [0.05, 0.1) is 0 Å². The van der Waals surface area contributed by atoms with Crippen molar-refractivity contribution in [2.45, 2.75) is 367 Å². The SMILES string of the molecule is CC/C=C\C/C=C\C/C=C\C/C=C\CCCCCCCCCCCCCCC(=O)OC(COC(=O)CCCCCCC/C=C\CCC)COC(=O)CCCCCCCCCCCCCCCCCCC/C=C\C/C=C\CCCCCCC. The Morgan fingerprint density at radius 2 is 0.500 bits per heavy atom. The molecule has 0 aliphatic carbocycles. The van der Waals surface area contributed by atoms with Gasteiger partial charge in [0.1, 0.15) is 13.2 Å². The van der Waals surface area contributed by atoms with Gasteiger partial charge in [-0.25, -0.2) is 0 Å². The first-order valence-corrected chi connectivity index (χ1v) is 35.6. The normalized spacial score (nSPS) is 12.6. The van der Waals surface area contributed by atoms with Crippen LogP contribution in [0.15, 0.2) is 85.1 Å². The van der Waals surface area contributed by atoms with Crippen molar-refractivity contribution in [3.05, 3.63) is 85.1 Å². The van der Waals surface area contributed by atoms with E-state index in [-0.39, 0.29) is 31.1 Å². The van der Waals surface area contributed by atoms with Gasteiger partial charge in [0.15, 0.2) is 6.10 Å². The zero-order chi connectivity index (χ0) is 59.2. The molecule has 0 N–H and O–H groups in total. The highest BCUT2D eigenvalue weighted by atomic mass is 16.6. The van der Waals surface area contributed by atoms with Crippen LogP contribution in [0.25, 0.3) is 0 Å². The van der Waals surface area contributed by atoms with Crippen LogP contribution >= 0.6 is 0 Å². The molecule has 0 rings (SSSR count).